The third kappa shape index (κ3) is 8.19. The second-order valence-electron chi connectivity index (χ2n) is 14.0. The molecule has 2 heterocycles. The predicted octanol–water partition coefficient (Wildman–Crippen LogP) is 0.201. The maximum Gasteiger partial charge on any atom is 0.328 e. The van der Waals surface area contributed by atoms with Crippen LogP contribution in [0.5, 0.6) is 11.5 Å². The molecule has 9 N–H and O–H groups in total. The lowest BCUT2D eigenvalue weighted by molar-refractivity contribution is -0.146. The molecule has 296 valence electrons. The number of amides is 4. The molecule has 2 aliphatic heterocycles. The number of aromatic hydroxyl groups is 1. The number of phenols is 1. The Kier molecular flexibility index (Phi) is 12.5. The SMILES string of the molecule is C=C(C)[C@@H]1NC(=O)[C@@H](NC)[C@@H](O)c2cc(Cl)c(O)c(c2)O[C@](C)(CC)[C@@H](C(=O)N2CC=C[C@H]2C(=O)NC2=C(C)CC(N)(/C(=C/C(=O)O)C(C)=O)C2=O)NC1=O. The van der Waals surface area contributed by atoms with Crippen LogP contribution in [0.2, 0.25) is 5.02 Å². The van der Waals surface area contributed by atoms with Crippen molar-refractivity contribution in [1.82, 2.24) is 26.2 Å². The van der Waals surface area contributed by atoms with Crippen molar-refractivity contribution in [3.8, 4) is 11.5 Å². The quantitative estimate of drug-likeness (QED) is 0.123. The topological polar surface area (TPSA) is 267 Å². The van der Waals surface area contributed by atoms with E-state index in [0.717, 1.165) is 11.8 Å². The fraction of sp³-hybridized carbons (Fsp3) is 0.432. The molecule has 0 aromatic heterocycles. The molecular formula is C37H45ClN6O11. The molecule has 1 aromatic carbocycles. The molecule has 55 heavy (non-hydrogen) atoms. The molecule has 4 amide bonds. The molecule has 1 unspecified atom stereocenters. The molecular weight excluding hydrogens is 740 g/mol. The van der Waals surface area contributed by atoms with Crippen molar-refractivity contribution in [3.05, 3.63) is 69.9 Å². The molecule has 0 saturated carbocycles. The lowest BCUT2D eigenvalue weighted by Crippen LogP contribution is -2.65. The van der Waals surface area contributed by atoms with Crippen LogP contribution < -0.4 is 31.7 Å². The summed E-state index contributed by atoms with van der Waals surface area (Å²) in [7, 11) is 1.41. The number of carbonyl (C=O) groups excluding carboxylic acids is 6. The standard InChI is InChI=1S/C37H45ClN6O11/c1-8-36(6)30(43-33(52)25(16(2)3)41-34(53)27(40-7)28(48)19-12-21(38)29(49)23(13-19)55-36)35(54)44-11-9-10-22(44)32(51)42-26-17(4)15-37(39,31(26)50)20(18(5)45)14-24(46)47/h9-10,12-14,22,25,27-28,30,40,48-49H,2,8,11,15,39H2,1,3-7H3,(H,41,53)(H,42,51)(H,43,52)(H,46,47)/b20-14+/t22-,25-,27-,28-,30+,36+,37?/m0/s1. The maximum atomic E-state index is 14.7. The summed E-state index contributed by atoms with van der Waals surface area (Å²) in [5.41, 5.74) is 2.29. The van der Waals surface area contributed by atoms with Crippen LogP contribution in [0.4, 0.5) is 0 Å². The molecule has 0 saturated heterocycles. The predicted molar refractivity (Wildman–Crippen MR) is 197 cm³/mol. The summed E-state index contributed by atoms with van der Waals surface area (Å²) in [4.78, 5) is 94.5. The van der Waals surface area contributed by atoms with Crippen molar-refractivity contribution in [3.63, 3.8) is 0 Å². The Bertz CT molecular complexity index is 1960. The number of nitrogens with two attached hydrogens (primary N) is 1. The summed E-state index contributed by atoms with van der Waals surface area (Å²) in [6.45, 7) is 10.8. The van der Waals surface area contributed by atoms with Gasteiger partial charge >= 0.3 is 5.97 Å². The third-order valence-electron chi connectivity index (χ3n) is 10.0. The zero-order valence-corrected chi connectivity index (χ0v) is 31.9. The van der Waals surface area contributed by atoms with Gasteiger partial charge in [-0.15, -0.1) is 0 Å². The number of rotatable bonds is 9. The normalized spacial score (nSPS) is 28.7. The zero-order chi connectivity index (χ0) is 41.3. The molecule has 0 spiro atoms. The van der Waals surface area contributed by atoms with Crippen LogP contribution in [0.25, 0.3) is 0 Å². The van der Waals surface area contributed by atoms with E-state index in [1.807, 2.05) is 0 Å². The molecule has 17 nitrogen and oxygen atoms in total. The van der Waals surface area contributed by atoms with Crippen LogP contribution in [0.1, 0.15) is 59.1 Å². The van der Waals surface area contributed by atoms with E-state index in [2.05, 4.69) is 27.8 Å². The number of nitrogens with zero attached hydrogens (tertiary/aromatic N) is 1. The highest BCUT2D eigenvalue weighted by atomic mass is 35.5. The number of fused-ring (bicyclic) bond motifs is 2. The number of ether oxygens (including phenoxy) is 1. The summed E-state index contributed by atoms with van der Waals surface area (Å²) in [6, 6.07) is -3.26. The smallest absolute Gasteiger partial charge is 0.328 e. The summed E-state index contributed by atoms with van der Waals surface area (Å²) >= 11 is 6.34. The largest absolute Gasteiger partial charge is 0.503 e. The number of halogens is 1. The first-order valence-corrected chi connectivity index (χ1v) is 17.6. The van der Waals surface area contributed by atoms with Crippen LogP contribution in [-0.2, 0) is 33.6 Å². The Hall–Kier alpha value is -5.36. The number of carboxylic acid groups (broad SMARTS) is 1. The monoisotopic (exact) mass is 784 g/mol. The highest BCUT2D eigenvalue weighted by Gasteiger charge is 2.50. The molecule has 4 rings (SSSR count). The van der Waals surface area contributed by atoms with Crippen LogP contribution >= 0.6 is 11.6 Å². The molecule has 1 aromatic rings. The number of aliphatic carboxylic acids is 1. The van der Waals surface area contributed by atoms with E-state index in [1.54, 1.807) is 6.92 Å². The first-order valence-electron chi connectivity index (χ1n) is 17.2. The van der Waals surface area contributed by atoms with E-state index < -0.39 is 93.9 Å². The van der Waals surface area contributed by atoms with Crippen molar-refractivity contribution in [2.45, 2.75) is 88.9 Å². The number of benzene rings is 1. The van der Waals surface area contributed by atoms with E-state index in [4.69, 9.17) is 22.1 Å². The lowest BCUT2D eigenvalue weighted by Gasteiger charge is -2.40. The van der Waals surface area contributed by atoms with E-state index in [-0.39, 0.29) is 52.6 Å². The van der Waals surface area contributed by atoms with Gasteiger partial charge in [0.25, 0.3) is 11.8 Å². The summed E-state index contributed by atoms with van der Waals surface area (Å²) in [5, 5.41) is 41.7. The van der Waals surface area contributed by atoms with Gasteiger partial charge in [0.15, 0.2) is 17.3 Å². The molecule has 3 aliphatic rings. The van der Waals surface area contributed by atoms with Crippen molar-refractivity contribution in [2.75, 3.05) is 13.6 Å². The number of Topliss-reactive ketones (excluding diaryl/α,β-unsaturated/α-hetero) is 2. The van der Waals surface area contributed by atoms with Crippen LogP contribution in [0.3, 0.4) is 0 Å². The van der Waals surface area contributed by atoms with Gasteiger partial charge in [-0.25, -0.2) is 4.79 Å². The van der Waals surface area contributed by atoms with E-state index >= 15 is 0 Å². The van der Waals surface area contributed by atoms with E-state index in [0.29, 0.717) is 6.08 Å². The van der Waals surface area contributed by atoms with Crippen molar-refractivity contribution in [1.29, 1.82) is 0 Å². The van der Waals surface area contributed by atoms with Gasteiger partial charge in [0.1, 0.15) is 41.4 Å². The first kappa shape index (κ1) is 42.4. The molecule has 2 bridgehead atoms. The molecule has 0 radical (unpaired) electrons. The van der Waals surface area contributed by atoms with Crippen LogP contribution in [0.15, 0.2) is 59.4 Å². The number of aliphatic hydroxyl groups excluding tert-OH is 1. The fourth-order valence-electron chi connectivity index (χ4n) is 6.79. The molecule has 7 atom stereocenters. The minimum Gasteiger partial charge on any atom is -0.503 e. The van der Waals surface area contributed by atoms with Gasteiger partial charge in [0.2, 0.25) is 17.6 Å². The first-order chi connectivity index (χ1) is 25.6. The van der Waals surface area contributed by atoms with Crippen LogP contribution in [0, 0.1) is 0 Å². The average molecular weight is 785 g/mol. The second kappa shape index (κ2) is 16.2. The highest BCUT2D eigenvalue weighted by Crippen LogP contribution is 2.41. The summed E-state index contributed by atoms with van der Waals surface area (Å²) < 4.78 is 6.30. The van der Waals surface area contributed by atoms with Gasteiger partial charge in [-0.05, 0) is 70.0 Å². The molecule has 1 aliphatic carbocycles. The van der Waals surface area contributed by atoms with Crippen molar-refractivity contribution < 1.29 is 53.6 Å². The second-order valence-corrected chi connectivity index (χ2v) is 14.4. The molecule has 18 heteroatoms. The van der Waals surface area contributed by atoms with Gasteiger partial charge in [0, 0.05) is 24.6 Å². The third-order valence-corrected chi connectivity index (χ3v) is 10.3. The van der Waals surface area contributed by atoms with Crippen molar-refractivity contribution in [2.24, 2.45) is 5.73 Å². The highest BCUT2D eigenvalue weighted by molar-refractivity contribution is 6.32. The van der Waals surface area contributed by atoms with Crippen LogP contribution in [-0.4, -0.2) is 110 Å². The fourth-order valence-corrected chi connectivity index (χ4v) is 7.01. The Morgan fingerprint density at radius 1 is 1.16 bits per heavy atom. The van der Waals surface area contributed by atoms with Gasteiger partial charge in [-0.2, -0.15) is 0 Å². The molecule has 0 fully saturated rings. The van der Waals surface area contributed by atoms with E-state index in [1.165, 1.54) is 52.1 Å². The van der Waals surface area contributed by atoms with Gasteiger partial charge < -0.3 is 52.0 Å². The Morgan fingerprint density at radius 2 is 1.82 bits per heavy atom. The Morgan fingerprint density at radius 3 is 2.38 bits per heavy atom. The summed E-state index contributed by atoms with van der Waals surface area (Å²) in [6.07, 6.45) is 1.62. The Labute approximate surface area is 321 Å². The number of ketones is 2. The lowest BCUT2D eigenvalue weighted by atomic mass is 9.83. The zero-order valence-electron chi connectivity index (χ0n) is 31.1. The van der Waals surface area contributed by atoms with Gasteiger partial charge in [-0.1, -0.05) is 37.3 Å². The number of aliphatic hydroxyl groups is 1. The number of phenolic OH excluding ortho intramolecular Hbond substituents is 1. The van der Waals surface area contributed by atoms with Crippen molar-refractivity contribution >= 4 is 52.8 Å². The minimum atomic E-state index is -2.07. The number of hydrogen-bond donors (Lipinski definition) is 8. The number of nitrogens with one attached hydrogen (secondary N) is 4. The summed E-state index contributed by atoms with van der Waals surface area (Å²) in [5.74, 6) is -7.41. The van der Waals surface area contributed by atoms with Gasteiger partial charge in [0.05, 0.1) is 10.7 Å². The number of hydrogen-bond acceptors (Lipinski definition) is 12. The number of likely N-dealkylation sites (N-methyl/N-ethyl adjacent to an activating group) is 1. The number of carbonyl (C=O) groups is 7. The average Bonchev–Trinajstić information content (AvgIpc) is 3.69. The van der Waals surface area contributed by atoms with E-state index in [9.17, 15) is 48.9 Å². The Balaban J connectivity index is 1.75. The maximum absolute atomic E-state index is 14.7. The number of carboxylic acids is 1. The van der Waals surface area contributed by atoms with Gasteiger partial charge in [-0.3, -0.25) is 28.8 Å². The minimum absolute atomic E-state index is 0.00357.